The summed E-state index contributed by atoms with van der Waals surface area (Å²) >= 11 is 0. The minimum Gasteiger partial charge on any atom is -0.444 e. The number of alkyl carbamates (subject to hydrolysis) is 1. The Hall–Kier alpha value is -4.38. The number of ether oxygens (including phenoxy) is 1. The number of benzene rings is 3. The first-order valence-electron chi connectivity index (χ1n) is 13.4. The first-order valence-corrected chi connectivity index (χ1v) is 13.4. The molecule has 0 aliphatic rings. The molecule has 0 radical (unpaired) electrons. The standard InChI is InChI=1S/C32H38N4O4/c1-21(2)19-27(35-31(39)40-32(4,5)6)30(38)36(18-17-33)28(24-13-11-22(3)12-14-24)29(37)34-26-16-15-23-9-7-8-10-25(23)20-26/h7-16,20-21,27-28H,18-19H2,1-6H3,(H,34,37)(H,35,39). The fourth-order valence-electron chi connectivity index (χ4n) is 4.41. The van der Waals surface area contributed by atoms with Crippen molar-refractivity contribution in [2.24, 2.45) is 5.92 Å². The Bertz CT molecular complexity index is 1390. The number of nitriles is 1. The predicted octanol–water partition coefficient (Wildman–Crippen LogP) is 6.12. The molecule has 0 fully saturated rings. The maximum atomic E-state index is 14.0. The molecule has 40 heavy (non-hydrogen) atoms. The molecule has 0 aliphatic heterocycles. The summed E-state index contributed by atoms with van der Waals surface area (Å²) in [6.45, 7) is 10.6. The molecule has 0 aliphatic carbocycles. The molecular weight excluding hydrogens is 504 g/mol. The van der Waals surface area contributed by atoms with E-state index in [-0.39, 0.29) is 12.5 Å². The van der Waals surface area contributed by atoms with Crippen LogP contribution in [-0.2, 0) is 14.3 Å². The highest BCUT2D eigenvalue weighted by molar-refractivity contribution is 6.00. The van der Waals surface area contributed by atoms with Gasteiger partial charge in [-0.05, 0) is 68.5 Å². The number of rotatable bonds is 9. The number of amides is 3. The lowest BCUT2D eigenvalue weighted by Crippen LogP contribution is -2.52. The second-order valence-electron chi connectivity index (χ2n) is 11.3. The van der Waals surface area contributed by atoms with Crippen molar-refractivity contribution in [3.63, 3.8) is 0 Å². The predicted molar refractivity (Wildman–Crippen MR) is 156 cm³/mol. The summed E-state index contributed by atoms with van der Waals surface area (Å²) in [5, 5.41) is 17.3. The largest absolute Gasteiger partial charge is 0.444 e. The van der Waals surface area contributed by atoms with E-state index in [0.29, 0.717) is 17.7 Å². The van der Waals surface area contributed by atoms with Gasteiger partial charge < -0.3 is 20.3 Å². The molecule has 210 valence electrons. The fraction of sp³-hybridized carbons (Fsp3) is 0.375. The fourth-order valence-corrected chi connectivity index (χ4v) is 4.41. The molecule has 3 amide bonds. The highest BCUT2D eigenvalue weighted by atomic mass is 16.6. The molecule has 0 bridgehead atoms. The molecule has 8 nitrogen and oxygen atoms in total. The van der Waals surface area contributed by atoms with Crippen LogP contribution in [0.1, 0.15) is 58.2 Å². The highest BCUT2D eigenvalue weighted by Crippen LogP contribution is 2.27. The van der Waals surface area contributed by atoms with E-state index in [1.54, 1.807) is 39.0 Å². The monoisotopic (exact) mass is 542 g/mol. The minimum atomic E-state index is -1.12. The topological polar surface area (TPSA) is 112 Å². The zero-order valence-corrected chi connectivity index (χ0v) is 24.0. The Morgan fingerprint density at radius 3 is 2.23 bits per heavy atom. The van der Waals surface area contributed by atoms with Gasteiger partial charge in [0.15, 0.2) is 0 Å². The zero-order valence-electron chi connectivity index (χ0n) is 24.0. The maximum absolute atomic E-state index is 14.0. The van der Waals surface area contributed by atoms with Crippen LogP contribution in [0.2, 0.25) is 0 Å². The molecule has 0 spiro atoms. The minimum absolute atomic E-state index is 0.0390. The Morgan fingerprint density at radius 1 is 0.975 bits per heavy atom. The summed E-state index contributed by atoms with van der Waals surface area (Å²) in [6, 6.07) is 20.5. The van der Waals surface area contributed by atoms with Crippen molar-refractivity contribution >= 4 is 34.4 Å². The summed E-state index contributed by atoms with van der Waals surface area (Å²) in [6.07, 6.45) is -0.441. The molecule has 0 heterocycles. The van der Waals surface area contributed by atoms with E-state index in [1.807, 2.05) is 75.4 Å². The van der Waals surface area contributed by atoms with Gasteiger partial charge in [-0.2, -0.15) is 5.26 Å². The Morgan fingerprint density at radius 2 is 1.62 bits per heavy atom. The van der Waals surface area contributed by atoms with Crippen LogP contribution >= 0.6 is 0 Å². The summed E-state index contributed by atoms with van der Waals surface area (Å²) in [5.41, 5.74) is 1.34. The lowest BCUT2D eigenvalue weighted by atomic mass is 9.98. The molecule has 3 aromatic rings. The summed E-state index contributed by atoms with van der Waals surface area (Å²) in [4.78, 5) is 41.8. The first-order chi connectivity index (χ1) is 18.9. The van der Waals surface area contributed by atoms with E-state index in [1.165, 1.54) is 4.90 Å². The van der Waals surface area contributed by atoms with Gasteiger partial charge in [-0.3, -0.25) is 9.59 Å². The van der Waals surface area contributed by atoms with Crippen LogP contribution in [0.4, 0.5) is 10.5 Å². The summed E-state index contributed by atoms with van der Waals surface area (Å²) in [5.74, 6) is -0.972. The normalized spacial score (nSPS) is 12.8. The summed E-state index contributed by atoms with van der Waals surface area (Å²) in [7, 11) is 0. The average molecular weight is 543 g/mol. The van der Waals surface area contributed by atoms with Gasteiger partial charge >= 0.3 is 6.09 Å². The third kappa shape index (κ3) is 8.31. The van der Waals surface area contributed by atoms with Gasteiger partial charge in [0.1, 0.15) is 24.2 Å². The van der Waals surface area contributed by atoms with E-state index in [0.717, 1.165) is 16.3 Å². The quantitative estimate of drug-likeness (QED) is 0.317. The van der Waals surface area contributed by atoms with Crippen LogP contribution in [0.3, 0.4) is 0 Å². The number of hydrogen-bond donors (Lipinski definition) is 2. The molecule has 0 saturated carbocycles. The molecule has 2 unspecified atom stereocenters. The maximum Gasteiger partial charge on any atom is 0.408 e. The van der Waals surface area contributed by atoms with E-state index in [2.05, 4.69) is 10.6 Å². The van der Waals surface area contributed by atoms with Gasteiger partial charge in [-0.15, -0.1) is 0 Å². The van der Waals surface area contributed by atoms with Crippen LogP contribution in [0.25, 0.3) is 10.8 Å². The van der Waals surface area contributed by atoms with Gasteiger partial charge in [0.25, 0.3) is 5.91 Å². The van der Waals surface area contributed by atoms with Gasteiger partial charge in [0.05, 0.1) is 6.07 Å². The number of anilines is 1. The average Bonchev–Trinajstić information content (AvgIpc) is 2.87. The third-order valence-corrected chi connectivity index (χ3v) is 6.19. The molecule has 2 atom stereocenters. The number of carbonyl (C=O) groups is 3. The smallest absolute Gasteiger partial charge is 0.408 e. The summed E-state index contributed by atoms with van der Waals surface area (Å²) < 4.78 is 5.39. The number of fused-ring (bicyclic) bond motifs is 1. The Kier molecular flexibility index (Phi) is 9.89. The van der Waals surface area contributed by atoms with E-state index in [9.17, 15) is 19.6 Å². The van der Waals surface area contributed by atoms with Gasteiger partial charge in [-0.1, -0.05) is 74.0 Å². The van der Waals surface area contributed by atoms with Crippen molar-refractivity contribution in [3.8, 4) is 6.07 Å². The zero-order chi connectivity index (χ0) is 29.4. The molecule has 2 N–H and O–H groups in total. The van der Waals surface area contributed by atoms with Crippen molar-refractivity contribution in [3.05, 3.63) is 77.9 Å². The van der Waals surface area contributed by atoms with Crippen LogP contribution in [0, 0.1) is 24.2 Å². The van der Waals surface area contributed by atoms with E-state index >= 15 is 0 Å². The van der Waals surface area contributed by atoms with Crippen molar-refractivity contribution in [2.75, 3.05) is 11.9 Å². The van der Waals surface area contributed by atoms with E-state index < -0.39 is 35.6 Å². The number of nitrogens with one attached hydrogen (secondary N) is 2. The van der Waals surface area contributed by atoms with Crippen molar-refractivity contribution in [1.29, 1.82) is 5.26 Å². The number of carbonyl (C=O) groups excluding carboxylic acids is 3. The first kappa shape index (κ1) is 30.2. The lowest BCUT2D eigenvalue weighted by molar-refractivity contribution is -0.140. The second-order valence-corrected chi connectivity index (χ2v) is 11.3. The Balaban J connectivity index is 2.00. The van der Waals surface area contributed by atoms with Crippen molar-refractivity contribution in [2.45, 2.75) is 65.6 Å². The Labute approximate surface area is 236 Å². The SMILES string of the molecule is Cc1ccc(C(C(=O)Nc2ccc3ccccc3c2)N(CC#N)C(=O)C(CC(C)C)NC(=O)OC(C)(C)C)cc1. The molecule has 8 heteroatoms. The molecule has 3 rings (SSSR count). The van der Waals surface area contributed by atoms with Gasteiger partial charge in [-0.25, -0.2) is 4.79 Å². The van der Waals surface area contributed by atoms with Crippen LogP contribution < -0.4 is 10.6 Å². The molecule has 0 saturated heterocycles. The van der Waals surface area contributed by atoms with Crippen LogP contribution in [-0.4, -0.2) is 41.0 Å². The third-order valence-electron chi connectivity index (χ3n) is 6.19. The molecule has 0 aromatic heterocycles. The number of nitrogens with zero attached hydrogens (tertiary/aromatic N) is 2. The van der Waals surface area contributed by atoms with Crippen LogP contribution in [0.5, 0.6) is 0 Å². The molecule has 3 aromatic carbocycles. The lowest BCUT2D eigenvalue weighted by Gasteiger charge is -2.33. The number of aryl methyl sites for hydroxylation is 1. The second kappa shape index (κ2) is 13.1. The highest BCUT2D eigenvalue weighted by Gasteiger charge is 2.36. The van der Waals surface area contributed by atoms with Crippen LogP contribution in [0.15, 0.2) is 66.7 Å². The van der Waals surface area contributed by atoms with Gasteiger partial charge in [0.2, 0.25) is 5.91 Å². The van der Waals surface area contributed by atoms with Crippen molar-refractivity contribution < 1.29 is 19.1 Å². The van der Waals surface area contributed by atoms with E-state index in [4.69, 9.17) is 4.74 Å². The number of hydrogen-bond acceptors (Lipinski definition) is 5. The van der Waals surface area contributed by atoms with Gasteiger partial charge in [0, 0.05) is 5.69 Å². The van der Waals surface area contributed by atoms with Crippen molar-refractivity contribution in [1.82, 2.24) is 10.2 Å². The molecular formula is C32H38N4O4.